The van der Waals surface area contributed by atoms with Crippen molar-refractivity contribution in [2.75, 3.05) is 6.54 Å². The van der Waals surface area contributed by atoms with E-state index in [0.717, 1.165) is 0 Å². The molecule has 0 spiro atoms. The number of amides is 2. The summed E-state index contributed by atoms with van der Waals surface area (Å²) in [4.78, 5) is 22.1. The van der Waals surface area contributed by atoms with Crippen LogP contribution in [0.25, 0.3) is 0 Å². The molecule has 2 fully saturated rings. The Kier molecular flexibility index (Phi) is 1.67. The number of fused-ring (bicyclic) bond motifs is 1. The van der Waals surface area contributed by atoms with E-state index in [4.69, 9.17) is 5.11 Å². The van der Waals surface area contributed by atoms with Crippen molar-refractivity contribution in [3.8, 4) is 0 Å². The number of halogens is 2. The summed E-state index contributed by atoms with van der Waals surface area (Å²) in [6.45, 7) is -0.835. The minimum absolute atomic E-state index is 0.174. The molecule has 2 heterocycles. The Balaban J connectivity index is 2.28. The number of rotatable bonds is 0. The quantitative estimate of drug-likeness (QED) is 0.580. The molecule has 2 aliphatic rings. The third-order valence-electron chi connectivity index (χ3n) is 2.58. The molecule has 5 nitrogen and oxygen atoms in total. The summed E-state index contributed by atoms with van der Waals surface area (Å²) in [5.74, 6) is -3.68. The molecular formula is C7H8F2N2O3. The molecule has 0 aromatic heterocycles. The lowest BCUT2D eigenvalue weighted by Gasteiger charge is -2.16. The number of carbonyl (C=O) groups is 2. The Morgan fingerprint density at radius 1 is 1.64 bits per heavy atom. The maximum Gasteiger partial charge on any atom is 0.407 e. The van der Waals surface area contributed by atoms with E-state index >= 15 is 0 Å². The van der Waals surface area contributed by atoms with Gasteiger partial charge in [-0.15, -0.1) is 0 Å². The van der Waals surface area contributed by atoms with Crippen LogP contribution in [0.1, 0.15) is 6.42 Å². The fourth-order valence-corrected chi connectivity index (χ4v) is 1.97. The molecule has 0 aliphatic carbocycles. The van der Waals surface area contributed by atoms with E-state index in [2.05, 4.69) is 5.32 Å². The largest absolute Gasteiger partial charge is 0.465 e. The van der Waals surface area contributed by atoms with Gasteiger partial charge in [0.2, 0.25) is 5.91 Å². The number of likely N-dealkylation sites (tertiary alicyclic amines) is 1. The Hall–Kier alpha value is -1.40. The van der Waals surface area contributed by atoms with Gasteiger partial charge in [0.1, 0.15) is 6.04 Å². The molecule has 2 rings (SSSR count). The lowest BCUT2D eigenvalue weighted by molar-refractivity contribution is -0.121. The Morgan fingerprint density at radius 3 is 2.86 bits per heavy atom. The molecule has 78 valence electrons. The first kappa shape index (κ1) is 9.17. The molecule has 2 N–H and O–H groups in total. The summed E-state index contributed by atoms with van der Waals surface area (Å²) in [6, 6.07) is -2.28. The Labute approximate surface area is 77.7 Å². The Morgan fingerprint density at radius 2 is 2.29 bits per heavy atom. The predicted octanol–water partition coefficient (Wildman–Crippen LogP) is -0.128. The van der Waals surface area contributed by atoms with Gasteiger partial charge in [0.05, 0.1) is 12.6 Å². The zero-order chi connectivity index (χ0) is 10.5. The van der Waals surface area contributed by atoms with Crippen molar-refractivity contribution in [2.45, 2.75) is 24.4 Å². The second-order valence-corrected chi connectivity index (χ2v) is 3.49. The van der Waals surface area contributed by atoms with Crippen LogP contribution in [0.4, 0.5) is 13.6 Å². The third kappa shape index (κ3) is 1.11. The fourth-order valence-electron chi connectivity index (χ4n) is 1.97. The van der Waals surface area contributed by atoms with Crippen LogP contribution in [0.5, 0.6) is 0 Å². The van der Waals surface area contributed by atoms with Crippen LogP contribution in [0.2, 0.25) is 0 Å². The molecule has 2 unspecified atom stereocenters. The minimum Gasteiger partial charge on any atom is -0.465 e. The topological polar surface area (TPSA) is 69.6 Å². The lowest BCUT2D eigenvalue weighted by Crippen LogP contribution is -2.43. The molecule has 0 saturated carbocycles. The van der Waals surface area contributed by atoms with E-state index < -0.39 is 36.6 Å². The molecule has 2 amide bonds. The highest BCUT2D eigenvalue weighted by atomic mass is 19.3. The summed E-state index contributed by atoms with van der Waals surface area (Å²) in [5, 5.41) is 10.7. The number of carbonyl (C=O) groups excluding carboxylic acids is 1. The van der Waals surface area contributed by atoms with Gasteiger partial charge in [-0.2, -0.15) is 0 Å². The van der Waals surface area contributed by atoms with Crippen LogP contribution in [-0.2, 0) is 4.79 Å². The first-order chi connectivity index (χ1) is 6.42. The maximum atomic E-state index is 13.2. The van der Waals surface area contributed by atoms with E-state index in [0.29, 0.717) is 4.90 Å². The van der Waals surface area contributed by atoms with Crippen molar-refractivity contribution in [2.24, 2.45) is 0 Å². The van der Waals surface area contributed by atoms with Gasteiger partial charge in [0.15, 0.2) is 0 Å². The second kappa shape index (κ2) is 2.55. The van der Waals surface area contributed by atoms with Crippen LogP contribution in [0.15, 0.2) is 0 Å². The third-order valence-corrected chi connectivity index (χ3v) is 2.58. The first-order valence-corrected chi connectivity index (χ1v) is 4.08. The number of hydrogen-bond acceptors (Lipinski definition) is 2. The first-order valence-electron chi connectivity index (χ1n) is 4.08. The van der Waals surface area contributed by atoms with Crippen LogP contribution >= 0.6 is 0 Å². The van der Waals surface area contributed by atoms with Gasteiger partial charge >= 0.3 is 6.09 Å². The van der Waals surface area contributed by atoms with Crippen molar-refractivity contribution < 1.29 is 23.5 Å². The van der Waals surface area contributed by atoms with Crippen molar-refractivity contribution in [3.63, 3.8) is 0 Å². The van der Waals surface area contributed by atoms with Gasteiger partial charge in [-0.25, -0.2) is 13.6 Å². The fraction of sp³-hybridized carbons (Fsp3) is 0.714. The van der Waals surface area contributed by atoms with Crippen molar-refractivity contribution in [1.82, 2.24) is 10.2 Å². The summed E-state index contributed by atoms with van der Waals surface area (Å²) >= 11 is 0. The summed E-state index contributed by atoms with van der Waals surface area (Å²) < 4.78 is 26.3. The van der Waals surface area contributed by atoms with Crippen LogP contribution < -0.4 is 5.32 Å². The van der Waals surface area contributed by atoms with Gasteiger partial charge < -0.3 is 10.4 Å². The Bertz CT molecular complexity index is 307. The molecule has 0 bridgehead atoms. The van der Waals surface area contributed by atoms with Gasteiger partial charge in [0.25, 0.3) is 5.92 Å². The highest BCUT2D eigenvalue weighted by Crippen LogP contribution is 2.36. The number of carboxylic acid groups (broad SMARTS) is 1. The zero-order valence-corrected chi connectivity index (χ0v) is 7.04. The van der Waals surface area contributed by atoms with Crippen LogP contribution in [0, 0.1) is 0 Å². The number of nitrogens with zero attached hydrogens (tertiary/aromatic N) is 1. The molecule has 0 radical (unpaired) electrons. The van der Waals surface area contributed by atoms with Crippen molar-refractivity contribution >= 4 is 12.0 Å². The highest BCUT2D eigenvalue weighted by molar-refractivity contribution is 5.82. The zero-order valence-electron chi connectivity index (χ0n) is 7.04. The van der Waals surface area contributed by atoms with E-state index in [1.54, 1.807) is 0 Å². The molecule has 7 heteroatoms. The predicted molar refractivity (Wildman–Crippen MR) is 40.0 cm³/mol. The minimum atomic E-state index is -3.16. The molecule has 0 aromatic rings. The van der Waals surface area contributed by atoms with Crippen LogP contribution in [0.3, 0.4) is 0 Å². The number of hydrogen-bond donors (Lipinski definition) is 2. The standard InChI is InChI=1S/C7H8F2N2O3/c8-7(9)2-11(6(13)14)3-1-4(12)10-5(3)7/h3,5H,1-2H2,(H,10,12)(H,13,14). The molecule has 2 atom stereocenters. The summed E-state index contributed by atoms with van der Waals surface area (Å²) in [6.07, 6.45) is -1.58. The molecular weight excluding hydrogens is 198 g/mol. The molecule has 14 heavy (non-hydrogen) atoms. The SMILES string of the molecule is O=C1CC2C(N1)C(F)(F)CN2C(=O)O. The van der Waals surface area contributed by atoms with Gasteiger partial charge in [-0.1, -0.05) is 0 Å². The van der Waals surface area contributed by atoms with Crippen molar-refractivity contribution in [3.05, 3.63) is 0 Å². The van der Waals surface area contributed by atoms with Gasteiger partial charge in [-0.05, 0) is 0 Å². The van der Waals surface area contributed by atoms with E-state index in [1.165, 1.54) is 0 Å². The highest BCUT2D eigenvalue weighted by Gasteiger charge is 2.60. The van der Waals surface area contributed by atoms with Gasteiger partial charge in [-0.3, -0.25) is 9.69 Å². The normalized spacial score (nSPS) is 34.1. The summed E-state index contributed by atoms with van der Waals surface area (Å²) in [7, 11) is 0. The van der Waals surface area contributed by atoms with Crippen molar-refractivity contribution in [1.29, 1.82) is 0 Å². The number of alkyl halides is 2. The molecule has 2 saturated heterocycles. The molecule has 2 aliphatic heterocycles. The lowest BCUT2D eigenvalue weighted by atomic mass is 10.1. The average Bonchev–Trinajstić information content (AvgIpc) is 2.51. The number of nitrogens with one attached hydrogen (secondary N) is 1. The average molecular weight is 206 g/mol. The van der Waals surface area contributed by atoms with E-state index in [9.17, 15) is 18.4 Å². The monoisotopic (exact) mass is 206 g/mol. The van der Waals surface area contributed by atoms with Gasteiger partial charge in [0, 0.05) is 6.42 Å². The maximum absolute atomic E-state index is 13.2. The van der Waals surface area contributed by atoms with Crippen LogP contribution in [-0.4, -0.2) is 46.6 Å². The molecule has 0 aromatic carbocycles. The van der Waals surface area contributed by atoms with E-state index in [1.807, 2.05) is 0 Å². The van der Waals surface area contributed by atoms with E-state index in [-0.39, 0.29) is 6.42 Å². The summed E-state index contributed by atoms with van der Waals surface area (Å²) in [5.41, 5.74) is 0. The smallest absolute Gasteiger partial charge is 0.407 e. The second-order valence-electron chi connectivity index (χ2n) is 3.49.